The summed E-state index contributed by atoms with van der Waals surface area (Å²) in [5.74, 6) is 0.439. The molecule has 0 aromatic heterocycles. The van der Waals surface area contributed by atoms with Gasteiger partial charge < -0.3 is 10.6 Å². The maximum atomic E-state index is 13.5. The second-order valence-corrected chi connectivity index (χ2v) is 4.88. The lowest BCUT2D eigenvalue weighted by Gasteiger charge is -2.14. The molecule has 3 nitrogen and oxygen atoms in total. The molecule has 0 heterocycles. The number of nitrogens with one attached hydrogen (secondary N) is 2. The predicted octanol–water partition coefficient (Wildman–Crippen LogP) is 3.28. The second-order valence-electron chi connectivity index (χ2n) is 3.96. The van der Waals surface area contributed by atoms with Crippen LogP contribution < -0.4 is 10.6 Å². The zero-order chi connectivity index (χ0) is 12.8. The van der Waals surface area contributed by atoms with Crippen molar-refractivity contribution in [2.75, 3.05) is 7.05 Å². The summed E-state index contributed by atoms with van der Waals surface area (Å²) in [4.78, 5) is 4.05. The van der Waals surface area contributed by atoms with Crippen LogP contribution in [0.5, 0.6) is 0 Å². The van der Waals surface area contributed by atoms with E-state index in [9.17, 15) is 4.39 Å². The smallest absolute Gasteiger partial charge is 0.191 e. The second kappa shape index (κ2) is 8.68. The molecule has 102 valence electrons. The van der Waals surface area contributed by atoms with Gasteiger partial charge >= 0.3 is 0 Å². The van der Waals surface area contributed by atoms with E-state index in [2.05, 4.69) is 31.6 Å². The number of halogens is 3. The van der Waals surface area contributed by atoms with Crippen LogP contribution in [-0.4, -0.2) is 19.0 Å². The molecule has 1 aromatic rings. The van der Waals surface area contributed by atoms with Crippen molar-refractivity contribution in [3.63, 3.8) is 0 Å². The van der Waals surface area contributed by atoms with Crippen LogP contribution in [0.15, 0.2) is 27.7 Å². The third-order valence-corrected chi connectivity index (χ3v) is 2.60. The zero-order valence-corrected chi connectivity index (χ0v) is 14.5. The van der Waals surface area contributed by atoms with E-state index in [0.717, 1.165) is 4.47 Å². The number of aliphatic imine (C=N–C) groups is 1. The molecule has 0 saturated carbocycles. The first-order valence-electron chi connectivity index (χ1n) is 5.44. The van der Waals surface area contributed by atoms with Gasteiger partial charge in [0.25, 0.3) is 0 Å². The fourth-order valence-electron chi connectivity index (χ4n) is 1.31. The molecule has 0 unspecified atom stereocenters. The molecule has 0 atom stereocenters. The van der Waals surface area contributed by atoms with Crippen molar-refractivity contribution in [1.82, 2.24) is 10.6 Å². The summed E-state index contributed by atoms with van der Waals surface area (Å²) in [6, 6.07) is 5.31. The molecule has 6 heteroatoms. The number of guanidine groups is 1. The van der Waals surface area contributed by atoms with Crippen molar-refractivity contribution in [3.8, 4) is 0 Å². The first-order valence-corrected chi connectivity index (χ1v) is 6.23. The van der Waals surface area contributed by atoms with Gasteiger partial charge in [-0.15, -0.1) is 24.0 Å². The van der Waals surface area contributed by atoms with Crippen molar-refractivity contribution in [1.29, 1.82) is 0 Å². The maximum Gasteiger partial charge on any atom is 0.191 e. The molecular weight excluding hydrogens is 412 g/mol. The third-order valence-electron chi connectivity index (χ3n) is 2.11. The van der Waals surface area contributed by atoms with Crippen LogP contribution in [0.25, 0.3) is 0 Å². The van der Waals surface area contributed by atoms with Gasteiger partial charge in [0.1, 0.15) is 5.82 Å². The van der Waals surface area contributed by atoms with Crippen LogP contribution in [-0.2, 0) is 6.54 Å². The normalized spacial score (nSPS) is 11.1. The molecule has 0 aliphatic carbocycles. The first kappa shape index (κ1) is 17.6. The highest BCUT2D eigenvalue weighted by Crippen LogP contribution is 2.14. The van der Waals surface area contributed by atoms with E-state index in [-0.39, 0.29) is 35.8 Å². The van der Waals surface area contributed by atoms with Gasteiger partial charge in [-0.05, 0) is 26.0 Å². The fourth-order valence-corrected chi connectivity index (χ4v) is 1.65. The van der Waals surface area contributed by atoms with E-state index in [1.807, 2.05) is 19.9 Å². The Morgan fingerprint density at radius 2 is 2.11 bits per heavy atom. The zero-order valence-electron chi connectivity index (χ0n) is 10.6. The van der Waals surface area contributed by atoms with Gasteiger partial charge in [-0.25, -0.2) is 4.39 Å². The lowest BCUT2D eigenvalue weighted by Crippen LogP contribution is -2.40. The van der Waals surface area contributed by atoms with E-state index < -0.39 is 0 Å². The summed E-state index contributed by atoms with van der Waals surface area (Å²) in [5, 5.41) is 6.20. The Kier molecular flexibility index (Phi) is 8.51. The number of rotatable bonds is 3. The molecule has 0 aliphatic heterocycles. The number of hydrogen-bond acceptors (Lipinski definition) is 1. The largest absolute Gasteiger partial charge is 0.354 e. The van der Waals surface area contributed by atoms with Gasteiger partial charge in [-0.1, -0.05) is 22.0 Å². The summed E-state index contributed by atoms with van der Waals surface area (Å²) < 4.78 is 14.3. The Morgan fingerprint density at radius 1 is 1.44 bits per heavy atom. The molecule has 2 N–H and O–H groups in total. The molecule has 0 amide bonds. The minimum Gasteiger partial charge on any atom is -0.354 e. The Hall–Kier alpha value is -0.370. The standard InChI is InChI=1S/C12H17BrFN3.HI/c1-8(2)17-12(15-3)16-7-9-4-5-10(13)6-11(9)14;/h4-6,8H,7H2,1-3H3,(H2,15,16,17);1H. The lowest BCUT2D eigenvalue weighted by atomic mass is 10.2. The van der Waals surface area contributed by atoms with Gasteiger partial charge in [0.15, 0.2) is 5.96 Å². The van der Waals surface area contributed by atoms with E-state index in [4.69, 9.17) is 0 Å². The highest BCUT2D eigenvalue weighted by Gasteiger charge is 2.04. The van der Waals surface area contributed by atoms with Gasteiger partial charge in [-0.3, -0.25) is 4.99 Å². The molecule has 0 bridgehead atoms. The highest BCUT2D eigenvalue weighted by atomic mass is 127. The Bertz CT molecular complexity index is 410. The molecule has 0 spiro atoms. The summed E-state index contributed by atoms with van der Waals surface area (Å²) in [7, 11) is 1.69. The fraction of sp³-hybridized carbons (Fsp3) is 0.417. The van der Waals surface area contributed by atoms with Crippen molar-refractivity contribution in [3.05, 3.63) is 34.1 Å². The first-order chi connectivity index (χ1) is 8.02. The topological polar surface area (TPSA) is 36.4 Å². The molecule has 0 radical (unpaired) electrons. The lowest BCUT2D eigenvalue weighted by molar-refractivity contribution is 0.602. The number of benzene rings is 1. The van der Waals surface area contributed by atoms with E-state index in [1.54, 1.807) is 13.1 Å². The average Bonchev–Trinajstić information content (AvgIpc) is 2.25. The maximum absolute atomic E-state index is 13.5. The van der Waals surface area contributed by atoms with Crippen LogP contribution in [0.4, 0.5) is 4.39 Å². The molecule has 0 fully saturated rings. The number of nitrogens with zero attached hydrogens (tertiary/aromatic N) is 1. The van der Waals surface area contributed by atoms with Gasteiger partial charge in [-0.2, -0.15) is 0 Å². The Balaban J connectivity index is 0.00000289. The molecule has 1 rings (SSSR count). The van der Waals surface area contributed by atoms with Gasteiger partial charge in [0.05, 0.1) is 0 Å². The third kappa shape index (κ3) is 5.99. The van der Waals surface area contributed by atoms with Crippen molar-refractivity contribution in [2.45, 2.75) is 26.4 Å². The predicted molar refractivity (Wildman–Crippen MR) is 88.0 cm³/mol. The molecular formula is C12H18BrFIN3. The van der Waals surface area contributed by atoms with E-state index >= 15 is 0 Å². The van der Waals surface area contributed by atoms with Crippen LogP contribution in [0.2, 0.25) is 0 Å². The van der Waals surface area contributed by atoms with Gasteiger partial charge in [0, 0.05) is 29.7 Å². The Labute approximate surface area is 133 Å². The quantitative estimate of drug-likeness (QED) is 0.439. The average molecular weight is 430 g/mol. The van der Waals surface area contributed by atoms with E-state index in [0.29, 0.717) is 18.1 Å². The Morgan fingerprint density at radius 3 is 2.61 bits per heavy atom. The minimum absolute atomic E-state index is 0. The van der Waals surface area contributed by atoms with Crippen molar-refractivity contribution >= 4 is 45.9 Å². The summed E-state index contributed by atoms with van der Waals surface area (Å²) in [6.45, 7) is 4.45. The van der Waals surface area contributed by atoms with Crippen LogP contribution >= 0.6 is 39.9 Å². The monoisotopic (exact) mass is 429 g/mol. The van der Waals surface area contributed by atoms with Gasteiger partial charge in [0.2, 0.25) is 0 Å². The molecule has 18 heavy (non-hydrogen) atoms. The summed E-state index contributed by atoms with van der Waals surface area (Å²) in [6.07, 6.45) is 0. The molecule has 0 saturated heterocycles. The summed E-state index contributed by atoms with van der Waals surface area (Å²) >= 11 is 3.23. The van der Waals surface area contributed by atoms with Crippen LogP contribution in [0.3, 0.4) is 0 Å². The van der Waals surface area contributed by atoms with Crippen LogP contribution in [0, 0.1) is 5.82 Å². The minimum atomic E-state index is -0.230. The van der Waals surface area contributed by atoms with Crippen LogP contribution in [0.1, 0.15) is 19.4 Å². The van der Waals surface area contributed by atoms with Crippen molar-refractivity contribution < 1.29 is 4.39 Å². The number of hydrogen-bond donors (Lipinski definition) is 2. The molecule has 1 aromatic carbocycles. The molecule has 0 aliphatic rings. The van der Waals surface area contributed by atoms with E-state index in [1.165, 1.54) is 6.07 Å². The SMILES string of the molecule is CN=C(NCc1ccc(Br)cc1F)NC(C)C.I. The summed E-state index contributed by atoms with van der Waals surface area (Å²) in [5.41, 5.74) is 0.611. The van der Waals surface area contributed by atoms with Crippen molar-refractivity contribution in [2.24, 2.45) is 4.99 Å². The highest BCUT2D eigenvalue weighted by molar-refractivity contribution is 14.0.